The number of anilines is 1. The number of nitrogens with one attached hydrogen (secondary N) is 2. The average molecular weight is 419 g/mol. The summed E-state index contributed by atoms with van der Waals surface area (Å²) in [4.78, 5) is 15.1. The van der Waals surface area contributed by atoms with E-state index in [-0.39, 0.29) is 5.56 Å². The topological polar surface area (TPSA) is 75.1 Å². The maximum absolute atomic E-state index is 12.3. The number of aromatic nitrogens is 4. The standard InChI is InChI=1S/C17H13BrClN5O/c1-9-22-23-16-14(18)6-13(8-24(9)16)20-7-11-4-10-5-12(19)2-3-15(10)21-17(11)25/h2-6,8,20H,7H2,1H3,(H,21,25). The summed E-state index contributed by atoms with van der Waals surface area (Å²) in [5, 5.41) is 13.0. The van der Waals surface area contributed by atoms with Crippen molar-refractivity contribution in [3.63, 3.8) is 0 Å². The normalized spacial score (nSPS) is 11.3. The van der Waals surface area contributed by atoms with Gasteiger partial charge in [-0.05, 0) is 53.2 Å². The Morgan fingerprint density at radius 1 is 1.28 bits per heavy atom. The molecule has 25 heavy (non-hydrogen) atoms. The monoisotopic (exact) mass is 417 g/mol. The lowest BCUT2D eigenvalue weighted by Crippen LogP contribution is -2.15. The fourth-order valence-electron chi connectivity index (χ4n) is 2.71. The molecule has 0 bridgehead atoms. The third-order valence-corrected chi connectivity index (χ3v) is 4.82. The molecule has 0 aliphatic carbocycles. The molecule has 0 aliphatic heterocycles. The maximum atomic E-state index is 12.3. The fraction of sp³-hybridized carbons (Fsp3) is 0.118. The van der Waals surface area contributed by atoms with Crippen molar-refractivity contribution in [3.05, 3.63) is 67.8 Å². The molecule has 3 heterocycles. The van der Waals surface area contributed by atoms with Crippen LogP contribution in [0.4, 0.5) is 5.69 Å². The van der Waals surface area contributed by atoms with Gasteiger partial charge in [0.25, 0.3) is 5.56 Å². The van der Waals surface area contributed by atoms with E-state index >= 15 is 0 Å². The number of pyridine rings is 2. The van der Waals surface area contributed by atoms with Crippen LogP contribution in [-0.2, 0) is 6.54 Å². The Balaban J connectivity index is 1.67. The molecule has 6 nitrogen and oxygen atoms in total. The lowest BCUT2D eigenvalue weighted by Gasteiger charge is -2.09. The van der Waals surface area contributed by atoms with E-state index in [4.69, 9.17) is 11.6 Å². The van der Waals surface area contributed by atoms with Crippen LogP contribution < -0.4 is 10.9 Å². The molecular formula is C17H13BrClN5O. The van der Waals surface area contributed by atoms with Gasteiger partial charge < -0.3 is 10.3 Å². The van der Waals surface area contributed by atoms with Gasteiger partial charge in [-0.15, -0.1) is 10.2 Å². The number of nitrogens with zero attached hydrogens (tertiary/aromatic N) is 3. The van der Waals surface area contributed by atoms with Crippen LogP contribution in [-0.4, -0.2) is 19.6 Å². The number of benzene rings is 1. The Morgan fingerprint density at radius 3 is 2.96 bits per heavy atom. The molecule has 4 aromatic rings. The van der Waals surface area contributed by atoms with Crippen molar-refractivity contribution >= 4 is 49.8 Å². The quantitative estimate of drug-likeness (QED) is 0.529. The number of H-pyrrole nitrogens is 1. The molecule has 0 unspecified atom stereocenters. The van der Waals surface area contributed by atoms with E-state index in [2.05, 4.69) is 36.4 Å². The molecule has 3 aromatic heterocycles. The van der Waals surface area contributed by atoms with Gasteiger partial charge in [-0.25, -0.2) is 0 Å². The zero-order chi connectivity index (χ0) is 17.6. The second-order valence-electron chi connectivity index (χ2n) is 5.73. The first kappa shape index (κ1) is 16.1. The first-order chi connectivity index (χ1) is 12.0. The van der Waals surface area contributed by atoms with E-state index in [0.29, 0.717) is 17.1 Å². The minimum atomic E-state index is -0.122. The van der Waals surface area contributed by atoms with Gasteiger partial charge in [-0.3, -0.25) is 9.20 Å². The van der Waals surface area contributed by atoms with Crippen LogP contribution in [0, 0.1) is 6.92 Å². The fourth-order valence-corrected chi connectivity index (χ4v) is 3.41. The van der Waals surface area contributed by atoms with Crippen molar-refractivity contribution < 1.29 is 0 Å². The number of hydrogen-bond acceptors (Lipinski definition) is 4. The Bertz CT molecular complexity index is 1170. The highest BCUT2D eigenvalue weighted by Gasteiger charge is 2.08. The lowest BCUT2D eigenvalue weighted by molar-refractivity contribution is 1.00. The molecule has 8 heteroatoms. The molecule has 0 saturated heterocycles. The molecule has 0 amide bonds. The second-order valence-corrected chi connectivity index (χ2v) is 7.02. The summed E-state index contributed by atoms with van der Waals surface area (Å²) in [5.41, 5.74) is 2.88. The molecule has 0 saturated carbocycles. The maximum Gasteiger partial charge on any atom is 0.253 e. The second kappa shape index (κ2) is 6.16. The summed E-state index contributed by atoms with van der Waals surface area (Å²) in [5.74, 6) is 0.789. The van der Waals surface area contributed by atoms with Gasteiger partial charge in [0.05, 0.1) is 10.2 Å². The Labute approximate surface area is 156 Å². The highest BCUT2D eigenvalue weighted by molar-refractivity contribution is 9.10. The zero-order valence-corrected chi connectivity index (χ0v) is 15.5. The molecule has 0 spiro atoms. The van der Waals surface area contributed by atoms with Gasteiger partial charge in [0.1, 0.15) is 5.82 Å². The molecular weight excluding hydrogens is 406 g/mol. The van der Waals surface area contributed by atoms with Gasteiger partial charge in [0.2, 0.25) is 0 Å². The zero-order valence-electron chi connectivity index (χ0n) is 13.2. The summed E-state index contributed by atoms with van der Waals surface area (Å²) in [6, 6.07) is 9.15. The molecule has 0 atom stereocenters. The van der Waals surface area contributed by atoms with Crippen LogP contribution in [0.3, 0.4) is 0 Å². The largest absolute Gasteiger partial charge is 0.380 e. The third kappa shape index (κ3) is 3.01. The van der Waals surface area contributed by atoms with Crippen LogP contribution in [0.25, 0.3) is 16.6 Å². The van der Waals surface area contributed by atoms with Crippen LogP contribution in [0.5, 0.6) is 0 Å². The van der Waals surface area contributed by atoms with E-state index in [1.807, 2.05) is 35.7 Å². The molecule has 1 aromatic carbocycles. The predicted octanol–water partition coefficient (Wildman–Crippen LogP) is 3.91. The number of rotatable bonds is 3. The lowest BCUT2D eigenvalue weighted by atomic mass is 10.1. The van der Waals surface area contributed by atoms with Crippen LogP contribution in [0.1, 0.15) is 11.4 Å². The Kier molecular flexibility index (Phi) is 3.97. The number of aryl methyl sites for hydroxylation is 1. The van der Waals surface area contributed by atoms with Gasteiger partial charge >= 0.3 is 0 Å². The van der Waals surface area contributed by atoms with E-state index in [9.17, 15) is 4.79 Å². The Morgan fingerprint density at radius 2 is 2.12 bits per heavy atom. The SMILES string of the molecule is Cc1nnc2c(Br)cc(NCc3cc4cc(Cl)ccc4[nH]c3=O)cn12. The summed E-state index contributed by atoms with van der Waals surface area (Å²) < 4.78 is 2.72. The van der Waals surface area contributed by atoms with Crippen molar-refractivity contribution in [1.29, 1.82) is 0 Å². The summed E-state index contributed by atoms with van der Waals surface area (Å²) in [7, 11) is 0. The highest BCUT2D eigenvalue weighted by Crippen LogP contribution is 2.22. The van der Waals surface area contributed by atoms with Crippen LogP contribution in [0.15, 0.2) is 45.8 Å². The summed E-state index contributed by atoms with van der Waals surface area (Å²) in [6.07, 6.45) is 1.90. The molecule has 4 rings (SSSR count). The number of fused-ring (bicyclic) bond motifs is 2. The predicted molar refractivity (Wildman–Crippen MR) is 102 cm³/mol. The van der Waals surface area contributed by atoms with Crippen molar-refractivity contribution in [3.8, 4) is 0 Å². The van der Waals surface area contributed by atoms with Crippen molar-refractivity contribution in [2.24, 2.45) is 0 Å². The Hall–Kier alpha value is -2.38. The minimum Gasteiger partial charge on any atom is -0.380 e. The molecule has 0 aliphatic rings. The van der Waals surface area contributed by atoms with Gasteiger partial charge in [-0.1, -0.05) is 11.6 Å². The first-order valence-electron chi connectivity index (χ1n) is 7.57. The van der Waals surface area contributed by atoms with Crippen LogP contribution in [0.2, 0.25) is 5.02 Å². The first-order valence-corrected chi connectivity index (χ1v) is 8.74. The van der Waals surface area contributed by atoms with Gasteiger partial charge in [-0.2, -0.15) is 0 Å². The van der Waals surface area contributed by atoms with Crippen molar-refractivity contribution in [2.75, 3.05) is 5.32 Å². The third-order valence-electron chi connectivity index (χ3n) is 4.00. The smallest absolute Gasteiger partial charge is 0.253 e. The minimum absolute atomic E-state index is 0.122. The number of hydrogen-bond donors (Lipinski definition) is 2. The van der Waals surface area contributed by atoms with E-state index in [1.165, 1.54) is 0 Å². The highest BCUT2D eigenvalue weighted by atomic mass is 79.9. The average Bonchev–Trinajstić information content (AvgIpc) is 2.95. The van der Waals surface area contributed by atoms with E-state index < -0.39 is 0 Å². The van der Waals surface area contributed by atoms with Gasteiger partial charge in [0.15, 0.2) is 5.65 Å². The number of aromatic amines is 1. The van der Waals surface area contributed by atoms with Crippen molar-refractivity contribution in [2.45, 2.75) is 13.5 Å². The van der Waals surface area contributed by atoms with E-state index in [1.54, 1.807) is 12.1 Å². The summed E-state index contributed by atoms with van der Waals surface area (Å²) >= 11 is 9.53. The number of halogens is 2. The molecule has 2 N–H and O–H groups in total. The molecule has 0 radical (unpaired) electrons. The van der Waals surface area contributed by atoms with Crippen molar-refractivity contribution in [1.82, 2.24) is 19.6 Å². The van der Waals surface area contributed by atoms with Crippen LogP contribution >= 0.6 is 27.5 Å². The molecule has 126 valence electrons. The molecule has 0 fully saturated rings. The van der Waals surface area contributed by atoms with E-state index in [0.717, 1.165) is 32.5 Å². The van der Waals surface area contributed by atoms with Gasteiger partial charge in [0, 0.05) is 34.2 Å². The summed E-state index contributed by atoms with van der Waals surface area (Å²) in [6.45, 7) is 2.27.